The number of hydrogen-bond acceptors (Lipinski definition) is 3. The van der Waals surface area contributed by atoms with Gasteiger partial charge in [0.25, 0.3) is 0 Å². The van der Waals surface area contributed by atoms with Crippen LogP contribution in [-0.2, 0) is 0 Å². The Morgan fingerprint density at radius 1 is 1.11 bits per heavy atom. The van der Waals surface area contributed by atoms with Crippen molar-refractivity contribution < 1.29 is 0 Å². The second kappa shape index (κ2) is 6.97. The van der Waals surface area contributed by atoms with Crippen molar-refractivity contribution in [2.45, 2.75) is 0 Å². The minimum atomic E-state index is 0.315. The zero-order valence-corrected chi connectivity index (χ0v) is 5.32. The van der Waals surface area contributed by atoms with Gasteiger partial charge in [-0.15, -0.1) is 0 Å². The van der Waals surface area contributed by atoms with E-state index in [4.69, 9.17) is 11.1 Å². The van der Waals surface area contributed by atoms with E-state index in [1.807, 2.05) is 0 Å². The van der Waals surface area contributed by atoms with Crippen molar-refractivity contribution in [3.8, 4) is 0 Å². The summed E-state index contributed by atoms with van der Waals surface area (Å²) in [7, 11) is 0. The van der Waals surface area contributed by atoms with Gasteiger partial charge >= 0.3 is 0 Å². The molecule has 0 radical (unpaired) electrons. The zero-order valence-electron chi connectivity index (χ0n) is 4.51. The second-order valence-corrected chi connectivity index (χ2v) is 1.85. The van der Waals surface area contributed by atoms with E-state index in [1.165, 1.54) is 11.8 Å². The summed E-state index contributed by atoms with van der Waals surface area (Å²) in [5, 5.41) is 6.41. The van der Waals surface area contributed by atoms with E-state index < -0.39 is 0 Å². The smallest absolute Gasteiger partial charge is 0.0722 e. The highest BCUT2D eigenvalue weighted by molar-refractivity contribution is 7.99. The fourth-order valence-corrected chi connectivity index (χ4v) is 0.522. The van der Waals surface area contributed by atoms with Crippen LogP contribution >= 0.6 is 11.8 Å². The maximum absolute atomic E-state index is 7.76. The summed E-state index contributed by atoms with van der Waals surface area (Å²) in [5.41, 5.74) is 15.5. The highest BCUT2D eigenvalue weighted by Crippen LogP contribution is 1.99. The molecule has 0 spiro atoms. The third-order valence-electron chi connectivity index (χ3n) is 0.425. The van der Waals surface area contributed by atoms with Crippen molar-refractivity contribution in [1.29, 1.82) is 0 Å². The van der Waals surface area contributed by atoms with Gasteiger partial charge in [0.15, 0.2) is 0 Å². The van der Waals surface area contributed by atoms with Crippen LogP contribution in [0.15, 0.2) is 10.2 Å². The lowest BCUT2D eigenvalue weighted by Crippen LogP contribution is -1.69. The molecule has 0 aliphatic carbocycles. The first-order valence-corrected chi connectivity index (χ1v) is 3.16. The third kappa shape index (κ3) is 6.97. The van der Waals surface area contributed by atoms with Gasteiger partial charge in [-0.2, -0.15) is 11.8 Å². The standard InChI is InChI=1S/C2H4N6S/c3-7-5-1-9-2-6-8-4/h1-2H2. The minimum absolute atomic E-state index is 0.315. The molecule has 0 aliphatic rings. The Kier molecular flexibility index (Phi) is 6.17. The molecule has 0 bridgehead atoms. The Balaban J connectivity index is 3.09. The van der Waals surface area contributed by atoms with E-state index in [0.29, 0.717) is 11.8 Å². The van der Waals surface area contributed by atoms with Gasteiger partial charge in [-0.1, -0.05) is 10.2 Å². The average molecular weight is 144 g/mol. The fraction of sp³-hybridized carbons (Fsp3) is 1.00. The Labute approximate surface area is 55.5 Å². The molecule has 0 N–H and O–H groups in total. The molecule has 0 heterocycles. The first kappa shape index (κ1) is 7.97. The van der Waals surface area contributed by atoms with Crippen LogP contribution in [0.2, 0.25) is 0 Å². The molecule has 7 heteroatoms. The van der Waals surface area contributed by atoms with Crippen LogP contribution in [-0.4, -0.2) is 11.8 Å². The molecule has 0 saturated carbocycles. The van der Waals surface area contributed by atoms with Crippen molar-refractivity contribution in [3.05, 3.63) is 20.9 Å². The largest absolute Gasteiger partial charge is 0.150 e. The van der Waals surface area contributed by atoms with Crippen molar-refractivity contribution >= 4 is 11.8 Å². The van der Waals surface area contributed by atoms with Crippen LogP contribution < -0.4 is 0 Å². The summed E-state index contributed by atoms with van der Waals surface area (Å²) in [6.07, 6.45) is 0. The number of thioether (sulfide) groups is 1. The summed E-state index contributed by atoms with van der Waals surface area (Å²) < 4.78 is 0. The lowest BCUT2D eigenvalue weighted by Gasteiger charge is -1.82. The highest BCUT2D eigenvalue weighted by Gasteiger charge is 1.78. The zero-order chi connectivity index (χ0) is 6.95. The lowest BCUT2D eigenvalue weighted by atomic mass is 11.5. The summed E-state index contributed by atoms with van der Waals surface area (Å²) in [4.78, 5) is 5.01. The summed E-state index contributed by atoms with van der Waals surface area (Å²) in [6.45, 7) is 0. The lowest BCUT2D eigenvalue weighted by molar-refractivity contribution is 1.29. The molecule has 0 aromatic carbocycles. The van der Waals surface area contributed by atoms with Gasteiger partial charge in [0.1, 0.15) is 0 Å². The van der Waals surface area contributed by atoms with Gasteiger partial charge < -0.3 is 0 Å². The van der Waals surface area contributed by atoms with E-state index in [9.17, 15) is 0 Å². The maximum Gasteiger partial charge on any atom is 0.0722 e. The maximum atomic E-state index is 7.76. The number of nitrogens with zero attached hydrogens (tertiary/aromatic N) is 6. The predicted octanol–water partition coefficient (Wildman–Crippen LogP) is 2.26. The number of hydrogen-bond donors (Lipinski definition) is 0. The van der Waals surface area contributed by atoms with Gasteiger partial charge in [-0.05, 0) is 11.1 Å². The van der Waals surface area contributed by atoms with Crippen molar-refractivity contribution in [1.82, 2.24) is 0 Å². The number of azide groups is 2. The second-order valence-electron chi connectivity index (χ2n) is 0.924. The highest BCUT2D eigenvalue weighted by atomic mass is 32.2. The van der Waals surface area contributed by atoms with E-state index >= 15 is 0 Å². The molecule has 0 rings (SSSR count). The summed E-state index contributed by atoms with van der Waals surface area (Å²) >= 11 is 1.26. The SMILES string of the molecule is [N-]=[N+]=NCSCN=[N+]=[N-]. The molecule has 9 heavy (non-hydrogen) atoms. The molecule has 0 atom stereocenters. The van der Waals surface area contributed by atoms with Crippen LogP contribution in [0.1, 0.15) is 0 Å². The van der Waals surface area contributed by atoms with E-state index in [0.717, 1.165) is 0 Å². The first-order chi connectivity index (χ1) is 4.41. The minimum Gasteiger partial charge on any atom is -0.150 e. The van der Waals surface area contributed by atoms with Crippen molar-refractivity contribution in [3.63, 3.8) is 0 Å². The van der Waals surface area contributed by atoms with E-state index in [2.05, 4.69) is 20.1 Å². The van der Waals surface area contributed by atoms with E-state index in [-0.39, 0.29) is 0 Å². The molecule has 0 saturated heterocycles. The average Bonchev–Trinajstić information content (AvgIpc) is 1.89. The van der Waals surface area contributed by atoms with Crippen LogP contribution in [0.3, 0.4) is 0 Å². The van der Waals surface area contributed by atoms with Gasteiger partial charge in [-0.3, -0.25) is 0 Å². The van der Waals surface area contributed by atoms with Crippen LogP contribution in [0.25, 0.3) is 20.9 Å². The first-order valence-electron chi connectivity index (χ1n) is 2.01. The van der Waals surface area contributed by atoms with Crippen molar-refractivity contribution in [2.24, 2.45) is 10.2 Å². The monoisotopic (exact) mass is 144 g/mol. The van der Waals surface area contributed by atoms with Crippen molar-refractivity contribution in [2.75, 3.05) is 11.8 Å². The summed E-state index contributed by atoms with van der Waals surface area (Å²) in [5.74, 6) is 0.630. The quantitative estimate of drug-likeness (QED) is 0.257. The molecule has 0 amide bonds. The molecular weight excluding hydrogens is 140 g/mol. The molecular formula is C2H4N6S. The Morgan fingerprint density at radius 2 is 1.56 bits per heavy atom. The molecule has 0 unspecified atom stereocenters. The molecule has 0 aromatic heterocycles. The topological polar surface area (TPSA) is 97.5 Å². The van der Waals surface area contributed by atoms with Crippen LogP contribution in [0.5, 0.6) is 0 Å². The summed E-state index contributed by atoms with van der Waals surface area (Å²) in [6, 6.07) is 0. The molecule has 6 nitrogen and oxygen atoms in total. The van der Waals surface area contributed by atoms with Crippen LogP contribution in [0.4, 0.5) is 0 Å². The predicted molar refractivity (Wildman–Crippen MR) is 35.6 cm³/mol. The molecule has 0 aromatic rings. The Bertz CT molecular complexity index is 134. The molecule has 0 aliphatic heterocycles. The van der Waals surface area contributed by atoms with Gasteiger partial charge in [0, 0.05) is 9.82 Å². The van der Waals surface area contributed by atoms with Gasteiger partial charge in [0.2, 0.25) is 0 Å². The Hall–Kier alpha value is -1.03. The Morgan fingerprint density at radius 3 is 1.89 bits per heavy atom. The third-order valence-corrected chi connectivity index (χ3v) is 1.02. The van der Waals surface area contributed by atoms with Gasteiger partial charge in [0.05, 0.1) is 11.8 Å². The van der Waals surface area contributed by atoms with Gasteiger partial charge in [-0.25, -0.2) is 0 Å². The van der Waals surface area contributed by atoms with Crippen LogP contribution in [0, 0.1) is 0 Å². The molecule has 0 fully saturated rings. The van der Waals surface area contributed by atoms with E-state index in [1.54, 1.807) is 0 Å². The normalized spacial score (nSPS) is 7.11. The fourth-order valence-electron chi connectivity index (χ4n) is 0.174. The molecule has 48 valence electrons. The number of rotatable bonds is 4.